The molecule has 1 unspecified atom stereocenters. The summed E-state index contributed by atoms with van der Waals surface area (Å²) in [5, 5.41) is 0.509. The van der Waals surface area contributed by atoms with E-state index in [1.54, 1.807) is 26.0 Å². The van der Waals surface area contributed by atoms with E-state index in [-0.39, 0.29) is 29.3 Å². The number of alkyl halides is 6. The van der Waals surface area contributed by atoms with Crippen LogP contribution < -0.4 is 4.74 Å². The van der Waals surface area contributed by atoms with Crippen LogP contribution >= 0.6 is 0 Å². The number of aryl methyl sites for hydroxylation is 1. The summed E-state index contributed by atoms with van der Waals surface area (Å²) in [6.45, 7) is 4.32. The van der Waals surface area contributed by atoms with Gasteiger partial charge in [0.2, 0.25) is 0 Å². The molecule has 1 aromatic heterocycles. The molecule has 0 aliphatic rings. The summed E-state index contributed by atoms with van der Waals surface area (Å²) in [4.78, 5) is 11.7. The minimum absolute atomic E-state index is 0.0186. The highest BCUT2D eigenvalue weighted by Crippen LogP contribution is 2.40. The molecule has 214 valence electrons. The van der Waals surface area contributed by atoms with Crippen molar-refractivity contribution in [1.29, 1.82) is 0 Å². The molecule has 0 N–H and O–H groups in total. The first kappa shape index (κ1) is 30.4. The van der Waals surface area contributed by atoms with Crippen LogP contribution in [0.25, 0.3) is 22.3 Å². The first-order valence-electron chi connectivity index (χ1n) is 12.9. The number of hydrogen-bond donors (Lipinski definition) is 0. The summed E-state index contributed by atoms with van der Waals surface area (Å²) in [6.07, 6.45) is -7.05. The number of unbranched alkanes of at least 4 members (excludes halogenated alkanes) is 2. The average molecular weight is 559 g/mol. The van der Waals surface area contributed by atoms with E-state index in [4.69, 9.17) is 13.9 Å². The molecule has 0 spiro atoms. The number of carbonyl (C=O) groups is 1. The van der Waals surface area contributed by atoms with E-state index in [0.29, 0.717) is 17.4 Å². The van der Waals surface area contributed by atoms with Gasteiger partial charge in [-0.05, 0) is 42.7 Å². The molecular formula is C29H32F6O4. The lowest BCUT2D eigenvalue weighted by Crippen LogP contribution is -2.27. The molecule has 3 rings (SSSR count). The first-order valence-corrected chi connectivity index (χ1v) is 12.9. The highest BCUT2D eigenvalue weighted by atomic mass is 19.4. The molecule has 0 saturated heterocycles. The van der Waals surface area contributed by atoms with Crippen molar-refractivity contribution >= 4 is 16.9 Å². The zero-order valence-corrected chi connectivity index (χ0v) is 22.0. The minimum atomic E-state index is -4.59. The second-order valence-electron chi connectivity index (χ2n) is 9.93. The van der Waals surface area contributed by atoms with Crippen molar-refractivity contribution in [2.24, 2.45) is 11.8 Å². The highest BCUT2D eigenvalue weighted by molar-refractivity contribution is 5.84. The molecule has 1 heterocycles. The van der Waals surface area contributed by atoms with Crippen LogP contribution in [0.2, 0.25) is 0 Å². The van der Waals surface area contributed by atoms with E-state index in [0.717, 1.165) is 25.3 Å². The second kappa shape index (κ2) is 12.8. The average Bonchev–Trinajstić information content (AvgIpc) is 3.27. The molecule has 0 saturated carbocycles. The van der Waals surface area contributed by atoms with Gasteiger partial charge in [0.1, 0.15) is 17.1 Å². The highest BCUT2D eigenvalue weighted by Gasteiger charge is 2.35. The Bertz CT molecular complexity index is 1240. The molecule has 4 nitrogen and oxygen atoms in total. The molecule has 0 amide bonds. The number of halogens is 6. The fraction of sp³-hybridized carbons (Fsp3) is 0.483. The van der Waals surface area contributed by atoms with E-state index < -0.39 is 48.7 Å². The Balaban J connectivity index is 1.80. The summed E-state index contributed by atoms with van der Waals surface area (Å²) in [5.41, 5.74) is -0.0735. The van der Waals surface area contributed by atoms with Crippen LogP contribution in [-0.2, 0) is 22.1 Å². The van der Waals surface area contributed by atoms with Crippen LogP contribution in [0, 0.1) is 11.8 Å². The van der Waals surface area contributed by atoms with Gasteiger partial charge in [0.15, 0.2) is 0 Å². The van der Waals surface area contributed by atoms with Crippen LogP contribution in [0.4, 0.5) is 26.3 Å². The van der Waals surface area contributed by atoms with Crippen LogP contribution in [0.1, 0.15) is 57.6 Å². The van der Waals surface area contributed by atoms with Gasteiger partial charge in [-0.15, -0.1) is 0 Å². The number of benzene rings is 2. The van der Waals surface area contributed by atoms with Crippen molar-refractivity contribution in [2.45, 2.75) is 65.2 Å². The quantitative estimate of drug-likeness (QED) is 0.126. The number of esters is 1. The Labute approximate surface area is 223 Å². The predicted molar refractivity (Wildman–Crippen MR) is 135 cm³/mol. The molecule has 0 aliphatic carbocycles. The van der Waals surface area contributed by atoms with Crippen molar-refractivity contribution in [3.05, 3.63) is 53.6 Å². The number of ether oxygens (including phenoxy) is 2. The van der Waals surface area contributed by atoms with Crippen LogP contribution in [0.5, 0.6) is 5.75 Å². The zero-order chi connectivity index (χ0) is 28.8. The maximum Gasteiger partial charge on any atom is 0.417 e. The van der Waals surface area contributed by atoms with Crippen molar-refractivity contribution in [2.75, 3.05) is 13.2 Å². The van der Waals surface area contributed by atoms with Gasteiger partial charge >= 0.3 is 18.3 Å². The fourth-order valence-corrected chi connectivity index (χ4v) is 4.08. The van der Waals surface area contributed by atoms with Crippen molar-refractivity contribution in [1.82, 2.24) is 0 Å². The maximum atomic E-state index is 13.9. The molecule has 3 aromatic rings. The Morgan fingerprint density at radius 1 is 0.949 bits per heavy atom. The molecule has 0 radical (unpaired) electrons. The van der Waals surface area contributed by atoms with E-state index in [2.05, 4.69) is 0 Å². The van der Waals surface area contributed by atoms with Gasteiger partial charge in [0, 0.05) is 22.9 Å². The third-order valence-electron chi connectivity index (χ3n) is 6.15. The van der Waals surface area contributed by atoms with Gasteiger partial charge < -0.3 is 13.9 Å². The first-order chi connectivity index (χ1) is 18.3. The molecule has 39 heavy (non-hydrogen) atoms. The van der Waals surface area contributed by atoms with Gasteiger partial charge in [-0.3, -0.25) is 4.79 Å². The third-order valence-corrected chi connectivity index (χ3v) is 6.15. The number of furan rings is 1. The monoisotopic (exact) mass is 558 g/mol. The summed E-state index contributed by atoms with van der Waals surface area (Å²) in [6, 6.07) is 10.2. The Kier molecular flexibility index (Phi) is 9.96. The van der Waals surface area contributed by atoms with Crippen molar-refractivity contribution < 1.29 is 45.0 Å². The van der Waals surface area contributed by atoms with E-state index in [1.807, 2.05) is 6.92 Å². The number of hydrogen-bond acceptors (Lipinski definition) is 4. The molecule has 10 heteroatoms. The zero-order valence-electron chi connectivity index (χ0n) is 22.0. The smallest absolute Gasteiger partial charge is 0.417 e. The molecule has 0 fully saturated rings. The fourth-order valence-electron chi connectivity index (χ4n) is 4.08. The molecular weight excluding hydrogens is 526 g/mol. The second-order valence-corrected chi connectivity index (χ2v) is 9.93. The lowest BCUT2D eigenvalue weighted by molar-refractivity contribution is -0.162. The summed E-state index contributed by atoms with van der Waals surface area (Å²) < 4.78 is 97.0. The number of rotatable bonds is 12. The van der Waals surface area contributed by atoms with Crippen molar-refractivity contribution in [3.8, 4) is 17.1 Å². The largest absolute Gasteiger partial charge is 0.493 e. The topological polar surface area (TPSA) is 48.7 Å². The molecule has 1 atom stereocenters. The van der Waals surface area contributed by atoms with Gasteiger partial charge in [0.05, 0.1) is 31.1 Å². The molecule has 2 aromatic carbocycles. The van der Waals surface area contributed by atoms with E-state index in [1.165, 1.54) is 24.3 Å². The van der Waals surface area contributed by atoms with Crippen LogP contribution in [0.3, 0.4) is 0 Å². The van der Waals surface area contributed by atoms with E-state index in [9.17, 15) is 31.1 Å². The third kappa shape index (κ3) is 8.93. The van der Waals surface area contributed by atoms with E-state index >= 15 is 0 Å². The summed E-state index contributed by atoms with van der Waals surface area (Å²) in [5.74, 6) is -2.04. The number of fused-ring (bicyclic) bond motifs is 1. The van der Waals surface area contributed by atoms with Crippen LogP contribution in [-0.4, -0.2) is 25.4 Å². The standard InChI is InChI=1S/C29H32F6O4/c1-4-5-6-7-19-8-11-23(24(12-19)29(33,34)35)26-13-21-9-10-22(14-25(21)39-26)37-16-20(15-28(30,31)32)17-38-27(36)18(2)3/h8-14,18,20H,4-7,15-17H2,1-3H3. The SMILES string of the molecule is CCCCCc1ccc(-c2cc3ccc(OCC(COC(=O)C(C)C)CC(F)(F)F)cc3o2)c(C(F)(F)F)c1. The van der Waals surface area contributed by atoms with Gasteiger partial charge in [0.25, 0.3) is 0 Å². The Morgan fingerprint density at radius 3 is 2.33 bits per heavy atom. The van der Waals surface area contributed by atoms with Gasteiger partial charge in [-0.25, -0.2) is 0 Å². The Hall–Kier alpha value is -3.17. The lowest BCUT2D eigenvalue weighted by Gasteiger charge is -2.19. The molecule has 0 aliphatic heterocycles. The Morgan fingerprint density at radius 2 is 1.69 bits per heavy atom. The summed E-state index contributed by atoms with van der Waals surface area (Å²) in [7, 11) is 0. The van der Waals surface area contributed by atoms with Gasteiger partial charge in [-0.2, -0.15) is 26.3 Å². The maximum absolute atomic E-state index is 13.9. The number of carbonyl (C=O) groups excluding carboxylic acids is 1. The van der Waals surface area contributed by atoms with Crippen molar-refractivity contribution in [3.63, 3.8) is 0 Å². The normalized spacial score (nSPS) is 13.2. The lowest BCUT2D eigenvalue weighted by atomic mass is 9.98. The van der Waals surface area contributed by atoms with Gasteiger partial charge in [-0.1, -0.05) is 45.7 Å². The predicted octanol–water partition coefficient (Wildman–Crippen LogP) is 9.00. The minimum Gasteiger partial charge on any atom is -0.493 e. The summed E-state index contributed by atoms with van der Waals surface area (Å²) >= 11 is 0. The van der Waals surface area contributed by atoms with Crippen LogP contribution in [0.15, 0.2) is 46.9 Å². The molecule has 0 bridgehead atoms.